The molecule has 1 aliphatic carbocycles. The molecule has 8 heteroatoms. The highest BCUT2D eigenvalue weighted by Crippen LogP contribution is 2.28. The number of esters is 2. The fraction of sp³-hybridized carbons (Fsp3) is 0.429. The number of aliphatic hydroxyl groups excluding tert-OH is 2. The van der Waals surface area contributed by atoms with Crippen LogP contribution in [-0.4, -0.2) is 66.6 Å². The second-order valence-electron chi connectivity index (χ2n) is 6.72. The van der Waals surface area contributed by atoms with Crippen molar-refractivity contribution in [3.05, 3.63) is 59.7 Å². The first kappa shape index (κ1) is 21.2. The van der Waals surface area contributed by atoms with Gasteiger partial charge in [0.25, 0.3) is 0 Å². The Bertz CT molecular complexity index is 772. The van der Waals surface area contributed by atoms with Crippen molar-refractivity contribution in [2.24, 2.45) is 0 Å². The SMILES string of the molecule is COC1OC(CO)C(O)C(OC(=O)C2=CC=CCC2)[C@@H]1OC(=O)c1ccccc1. The minimum atomic E-state index is -1.41. The van der Waals surface area contributed by atoms with Crippen LogP contribution < -0.4 is 0 Å². The zero-order chi connectivity index (χ0) is 20.8. The molecule has 8 nitrogen and oxygen atoms in total. The summed E-state index contributed by atoms with van der Waals surface area (Å²) in [5, 5.41) is 20.1. The van der Waals surface area contributed by atoms with E-state index in [-0.39, 0.29) is 5.56 Å². The maximum absolute atomic E-state index is 12.6. The molecular formula is C21H24O8. The lowest BCUT2D eigenvalue weighted by molar-refractivity contribution is -0.295. The summed E-state index contributed by atoms with van der Waals surface area (Å²) in [5.74, 6) is -1.32. The van der Waals surface area contributed by atoms with Crippen LogP contribution in [0.3, 0.4) is 0 Å². The van der Waals surface area contributed by atoms with Crippen LogP contribution in [0.1, 0.15) is 23.2 Å². The molecule has 3 rings (SSSR count). The van der Waals surface area contributed by atoms with Crippen LogP contribution >= 0.6 is 0 Å². The second-order valence-corrected chi connectivity index (χ2v) is 6.72. The molecule has 0 bridgehead atoms. The van der Waals surface area contributed by atoms with E-state index in [0.717, 1.165) is 0 Å². The number of carbonyl (C=O) groups excluding carboxylic acids is 2. The highest BCUT2D eigenvalue weighted by atomic mass is 16.7. The fourth-order valence-electron chi connectivity index (χ4n) is 3.23. The van der Waals surface area contributed by atoms with E-state index in [0.29, 0.717) is 18.4 Å². The Morgan fingerprint density at radius 3 is 2.48 bits per heavy atom. The van der Waals surface area contributed by atoms with Crippen LogP contribution in [0.15, 0.2) is 54.1 Å². The second kappa shape index (κ2) is 9.80. The van der Waals surface area contributed by atoms with Crippen LogP contribution in [0, 0.1) is 0 Å². The van der Waals surface area contributed by atoms with Gasteiger partial charge in [0.1, 0.15) is 12.2 Å². The fourth-order valence-corrected chi connectivity index (χ4v) is 3.23. The first-order valence-corrected chi connectivity index (χ1v) is 9.35. The van der Waals surface area contributed by atoms with Crippen LogP contribution in [0.25, 0.3) is 0 Å². The van der Waals surface area contributed by atoms with E-state index in [1.54, 1.807) is 42.5 Å². The van der Waals surface area contributed by atoms with Gasteiger partial charge in [-0.15, -0.1) is 0 Å². The van der Waals surface area contributed by atoms with Crippen LogP contribution in [0.4, 0.5) is 0 Å². The van der Waals surface area contributed by atoms with E-state index in [2.05, 4.69) is 0 Å². The van der Waals surface area contributed by atoms with Gasteiger partial charge < -0.3 is 29.2 Å². The zero-order valence-corrected chi connectivity index (χ0v) is 16.0. The third kappa shape index (κ3) is 4.91. The molecule has 2 aliphatic rings. The van der Waals surface area contributed by atoms with E-state index in [1.165, 1.54) is 7.11 Å². The number of methoxy groups -OCH3 is 1. The molecule has 2 N–H and O–H groups in total. The summed E-state index contributed by atoms with van der Waals surface area (Å²) >= 11 is 0. The van der Waals surface area contributed by atoms with Crippen molar-refractivity contribution < 1.29 is 38.7 Å². The van der Waals surface area contributed by atoms with Crippen molar-refractivity contribution in [3.8, 4) is 0 Å². The summed E-state index contributed by atoms with van der Waals surface area (Å²) in [6, 6.07) is 8.25. The molecule has 1 saturated heterocycles. The normalized spacial score (nSPS) is 29.1. The quantitative estimate of drug-likeness (QED) is 0.679. The number of aliphatic hydroxyl groups is 2. The van der Waals surface area contributed by atoms with Gasteiger partial charge in [-0.3, -0.25) is 0 Å². The summed E-state index contributed by atoms with van der Waals surface area (Å²) in [7, 11) is 1.33. The average Bonchev–Trinajstić information content (AvgIpc) is 2.77. The summed E-state index contributed by atoms with van der Waals surface area (Å²) in [4.78, 5) is 25.1. The predicted octanol–water partition coefficient (Wildman–Crippen LogP) is 1.12. The van der Waals surface area contributed by atoms with Gasteiger partial charge in [0.2, 0.25) is 0 Å². The molecule has 5 atom stereocenters. The van der Waals surface area contributed by atoms with E-state index in [4.69, 9.17) is 18.9 Å². The number of benzene rings is 1. The largest absolute Gasteiger partial charge is 0.452 e. The predicted molar refractivity (Wildman–Crippen MR) is 101 cm³/mol. The number of rotatable bonds is 6. The molecule has 29 heavy (non-hydrogen) atoms. The van der Waals surface area contributed by atoms with Gasteiger partial charge in [-0.25, -0.2) is 9.59 Å². The van der Waals surface area contributed by atoms with Gasteiger partial charge in [0.15, 0.2) is 18.5 Å². The van der Waals surface area contributed by atoms with Crippen molar-refractivity contribution in [1.29, 1.82) is 0 Å². The maximum Gasteiger partial charge on any atom is 0.338 e. The van der Waals surface area contributed by atoms with Gasteiger partial charge in [-0.2, -0.15) is 0 Å². The third-order valence-electron chi connectivity index (χ3n) is 4.80. The summed E-state index contributed by atoms with van der Waals surface area (Å²) < 4.78 is 21.7. The number of hydrogen-bond acceptors (Lipinski definition) is 8. The Labute approximate surface area is 168 Å². The van der Waals surface area contributed by atoms with E-state index in [9.17, 15) is 19.8 Å². The third-order valence-corrected chi connectivity index (χ3v) is 4.80. The van der Waals surface area contributed by atoms with Crippen LogP contribution in [-0.2, 0) is 23.7 Å². The van der Waals surface area contributed by atoms with E-state index < -0.39 is 49.3 Å². The zero-order valence-electron chi connectivity index (χ0n) is 16.0. The molecule has 0 aromatic heterocycles. The molecule has 0 spiro atoms. The van der Waals surface area contributed by atoms with Crippen molar-refractivity contribution in [1.82, 2.24) is 0 Å². The number of hydrogen-bond donors (Lipinski definition) is 2. The minimum Gasteiger partial charge on any atom is -0.452 e. The van der Waals surface area contributed by atoms with Crippen LogP contribution in [0.2, 0.25) is 0 Å². The van der Waals surface area contributed by atoms with Gasteiger partial charge in [-0.05, 0) is 25.0 Å². The van der Waals surface area contributed by atoms with Gasteiger partial charge >= 0.3 is 11.9 Å². The highest BCUT2D eigenvalue weighted by molar-refractivity contribution is 5.90. The van der Waals surface area contributed by atoms with Crippen molar-refractivity contribution in [2.75, 3.05) is 13.7 Å². The van der Waals surface area contributed by atoms with E-state index in [1.807, 2.05) is 6.08 Å². The number of carbonyl (C=O) groups is 2. The number of allylic oxidation sites excluding steroid dienone is 3. The number of ether oxygens (including phenoxy) is 4. The topological polar surface area (TPSA) is 112 Å². The molecule has 156 valence electrons. The molecule has 1 fully saturated rings. The summed E-state index contributed by atoms with van der Waals surface area (Å²) in [6.07, 6.45) is 0.389. The Hall–Kier alpha value is -2.52. The van der Waals surface area contributed by atoms with Gasteiger partial charge in [0.05, 0.1) is 12.2 Å². The Kier molecular flexibility index (Phi) is 7.16. The van der Waals surface area contributed by atoms with Crippen molar-refractivity contribution in [2.45, 2.75) is 43.5 Å². The average molecular weight is 404 g/mol. The van der Waals surface area contributed by atoms with Crippen molar-refractivity contribution >= 4 is 11.9 Å². The molecule has 4 unspecified atom stereocenters. The molecule has 0 amide bonds. The summed E-state index contributed by atoms with van der Waals surface area (Å²) in [6.45, 7) is -0.528. The Morgan fingerprint density at radius 1 is 1.14 bits per heavy atom. The maximum atomic E-state index is 12.6. The lowest BCUT2D eigenvalue weighted by atomic mass is 9.98. The monoisotopic (exact) mass is 404 g/mol. The van der Waals surface area contributed by atoms with Gasteiger partial charge in [-0.1, -0.05) is 36.4 Å². The highest BCUT2D eigenvalue weighted by Gasteiger charge is 2.50. The minimum absolute atomic E-state index is 0.284. The Morgan fingerprint density at radius 2 is 1.86 bits per heavy atom. The molecule has 0 saturated carbocycles. The lowest BCUT2D eigenvalue weighted by Gasteiger charge is -2.42. The first-order chi connectivity index (χ1) is 14.0. The standard InChI is InChI=1S/C21H24O8/c1-26-21-18(29-20(25)14-10-6-3-7-11-14)17(16(23)15(12-22)27-21)28-19(24)13-8-4-2-5-9-13/h2-4,6-8,10-11,15-18,21-23H,5,9,12H2,1H3/t15?,16?,17?,18-,21?/m0/s1. The smallest absolute Gasteiger partial charge is 0.338 e. The van der Waals surface area contributed by atoms with Gasteiger partial charge in [0, 0.05) is 12.7 Å². The molecule has 0 radical (unpaired) electrons. The molecular weight excluding hydrogens is 380 g/mol. The Balaban J connectivity index is 1.83. The molecule has 1 aliphatic heterocycles. The first-order valence-electron chi connectivity index (χ1n) is 9.35. The lowest BCUT2D eigenvalue weighted by Crippen LogP contribution is -2.61. The van der Waals surface area contributed by atoms with E-state index >= 15 is 0 Å². The molecule has 1 aromatic rings. The van der Waals surface area contributed by atoms with Crippen molar-refractivity contribution in [3.63, 3.8) is 0 Å². The van der Waals surface area contributed by atoms with Crippen LogP contribution in [0.5, 0.6) is 0 Å². The summed E-state index contributed by atoms with van der Waals surface area (Å²) in [5.41, 5.74) is 0.722. The molecule has 1 heterocycles. The molecule has 1 aromatic carbocycles.